The highest BCUT2D eigenvalue weighted by molar-refractivity contribution is 5.84. The second kappa shape index (κ2) is 7.11. The molecule has 2 aliphatic rings. The van der Waals surface area contributed by atoms with Gasteiger partial charge < -0.3 is 9.22 Å². The number of hydrogen-bond acceptors (Lipinski definition) is 2. The zero-order chi connectivity index (χ0) is 18.1. The zero-order valence-corrected chi connectivity index (χ0v) is 16.3. The Bertz CT molecular complexity index is 589. The van der Waals surface area contributed by atoms with Crippen LogP contribution < -0.4 is 0 Å². The molecule has 1 saturated heterocycles. The summed E-state index contributed by atoms with van der Waals surface area (Å²) in [6.07, 6.45) is 5.76. The first kappa shape index (κ1) is 18.4. The van der Waals surface area contributed by atoms with Crippen molar-refractivity contribution in [3.8, 4) is 0 Å². The molecule has 1 aliphatic heterocycles. The molecule has 138 valence electrons. The zero-order valence-electron chi connectivity index (χ0n) is 16.3. The number of carbonyl (C=O) groups is 1. The van der Waals surface area contributed by atoms with Gasteiger partial charge in [-0.2, -0.15) is 0 Å². The standard InChI is InChI=1S/C22H34NO2/c1-17(2)22(19-12-8-9-13-19,18-10-6-5-7-11-18)21(24)25-20-14-15-23(3,4)16-20/h5-7,10-11,17,19-20H,8-9,12-16H2,1-4H3/q+1. The van der Waals surface area contributed by atoms with Gasteiger partial charge in [0.1, 0.15) is 6.54 Å². The lowest BCUT2D eigenvalue weighted by Gasteiger charge is -2.41. The van der Waals surface area contributed by atoms with Gasteiger partial charge in [0.15, 0.2) is 6.10 Å². The van der Waals surface area contributed by atoms with E-state index in [1.54, 1.807) is 0 Å². The number of hydrogen-bond donors (Lipinski definition) is 0. The number of nitrogens with zero attached hydrogens (tertiary/aromatic N) is 1. The number of rotatable bonds is 5. The Balaban J connectivity index is 1.94. The fourth-order valence-corrected chi connectivity index (χ4v) is 5.23. The molecular formula is C22H34NO2+. The number of ether oxygens (including phenoxy) is 1. The number of benzene rings is 1. The lowest BCUT2D eigenvalue weighted by Crippen LogP contribution is -2.49. The number of quaternary nitrogens is 1. The Labute approximate surface area is 153 Å². The van der Waals surface area contributed by atoms with Crippen molar-refractivity contribution < 1.29 is 14.0 Å². The van der Waals surface area contributed by atoms with Crippen molar-refractivity contribution in [3.63, 3.8) is 0 Å². The maximum Gasteiger partial charge on any atom is 0.317 e. The molecule has 3 heteroatoms. The van der Waals surface area contributed by atoms with Gasteiger partial charge >= 0.3 is 5.97 Å². The summed E-state index contributed by atoms with van der Waals surface area (Å²) in [6, 6.07) is 10.4. The Morgan fingerprint density at radius 1 is 1.12 bits per heavy atom. The fraction of sp³-hybridized carbons (Fsp3) is 0.682. The lowest BCUT2D eigenvalue weighted by atomic mass is 9.62. The average Bonchev–Trinajstić information content (AvgIpc) is 3.19. The monoisotopic (exact) mass is 344 g/mol. The van der Waals surface area contributed by atoms with E-state index in [9.17, 15) is 4.79 Å². The third-order valence-corrected chi connectivity index (χ3v) is 6.53. The van der Waals surface area contributed by atoms with Crippen LogP contribution in [0.25, 0.3) is 0 Å². The van der Waals surface area contributed by atoms with E-state index in [-0.39, 0.29) is 18.0 Å². The topological polar surface area (TPSA) is 26.3 Å². The number of likely N-dealkylation sites (N-methyl/N-ethyl adjacent to an activating group) is 1. The molecule has 2 atom stereocenters. The van der Waals surface area contributed by atoms with Crippen molar-refractivity contribution in [2.24, 2.45) is 11.8 Å². The summed E-state index contributed by atoms with van der Waals surface area (Å²) in [7, 11) is 4.44. The Morgan fingerprint density at radius 3 is 2.28 bits per heavy atom. The van der Waals surface area contributed by atoms with E-state index in [0.29, 0.717) is 5.92 Å². The molecule has 2 fully saturated rings. The second-order valence-electron chi connectivity index (χ2n) is 9.03. The van der Waals surface area contributed by atoms with Gasteiger partial charge in [-0.1, -0.05) is 57.0 Å². The van der Waals surface area contributed by atoms with Crippen LogP contribution >= 0.6 is 0 Å². The largest absolute Gasteiger partial charge is 0.455 e. The molecule has 1 aliphatic carbocycles. The van der Waals surface area contributed by atoms with E-state index >= 15 is 0 Å². The van der Waals surface area contributed by atoms with E-state index in [1.807, 2.05) is 6.07 Å². The molecule has 0 N–H and O–H groups in total. The maximum atomic E-state index is 13.6. The molecule has 0 bridgehead atoms. The second-order valence-corrected chi connectivity index (χ2v) is 9.03. The van der Waals surface area contributed by atoms with E-state index in [1.165, 1.54) is 12.8 Å². The fourth-order valence-electron chi connectivity index (χ4n) is 5.23. The van der Waals surface area contributed by atoms with Gasteiger partial charge in [-0.15, -0.1) is 0 Å². The third kappa shape index (κ3) is 3.48. The smallest absolute Gasteiger partial charge is 0.317 e. The van der Waals surface area contributed by atoms with Crippen molar-refractivity contribution in [2.75, 3.05) is 27.2 Å². The van der Waals surface area contributed by atoms with E-state index in [0.717, 1.165) is 42.4 Å². The van der Waals surface area contributed by atoms with Gasteiger partial charge in [0.2, 0.25) is 0 Å². The van der Waals surface area contributed by atoms with Crippen molar-refractivity contribution in [3.05, 3.63) is 35.9 Å². The molecule has 25 heavy (non-hydrogen) atoms. The summed E-state index contributed by atoms with van der Waals surface area (Å²) in [6.45, 7) is 6.41. The first-order valence-corrected chi connectivity index (χ1v) is 9.95. The molecule has 1 saturated carbocycles. The van der Waals surface area contributed by atoms with Gasteiger partial charge in [-0.25, -0.2) is 0 Å². The van der Waals surface area contributed by atoms with Crippen LogP contribution in [0.4, 0.5) is 0 Å². The van der Waals surface area contributed by atoms with Gasteiger partial charge in [-0.05, 0) is 30.2 Å². The average molecular weight is 345 g/mol. The number of likely N-dealkylation sites (tertiary alicyclic amines) is 1. The van der Waals surface area contributed by atoms with E-state index < -0.39 is 5.41 Å². The first-order chi connectivity index (χ1) is 11.9. The van der Waals surface area contributed by atoms with Crippen LogP contribution in [-0.2, 0) is 14.9 Å². The minimum atomic E-state index is -0.502. The van der Waals surface area contributed by atoms with Crippen molar-refractivity contribution in [1.82, 2.24) is 0 Å². The molecule has 1 aromatic carbocycles. The molecule has 3 nitrogen and oxygen atoms in total. The molecule has 0 radical (unpaired) electrons. The Kier molecular flexibility index (Phi) is 5.24. The maximum absolute atomic E-state index is 13.6. The number of esters is 1. The van der Waals surface area contributed by atoms with Gasteiger partial charge in [0.05, 0.1) is 26.1 Å². The summed E-state index contributed by atoms with van der Waals surface area (Å²) in [4.78, 5) is 13.6. The highest BCUT2D eigenvalue weighted by Gasteiger charge is 2.52. The quantitative estimate of drug-likeness (QED) is 0.592. The van der Waals surface area contributed by atoms with Crippen LogP contribution in [0.3, 0.4) is 0 Å². The van der Waals surface area contributed by atoms with Crippen LogP contribution in [0, 0.1) is 11.8 Å². The molecule has 2 unspecified atom stereocenters. The summed E-state index contributed by atoms with van der Waals surface area (Å²) >= 11 is 0. The van der Waals surface area contributed by atoms with Crippen molar-refractivity contribution in [1.29, 1.82) is 0 Å². The van der Waals surface area contributed by atoms with Gasteiger partial charge in [-0.3, -0.25) is 4.79 Å². The Hall–Kier alpha value is -1.35. The molecule has 0 aromatic heterocycles. The summed E-state index contributed by atoms with van der Waals surface area (Å²) in [5.41, 5.74) is 0.644. The lowest BCUT2D eigenvalue weighted by molar-refractivity contribution is -0.879. The van der Waals surface area contributed by atoms with Crippen molar-refractivity contribution in [2.45, 2.75) is 57.5 Å². The molecule has 1 aromatic rings. The highest BCUT2D eigenvalue weighted by Crippen LogP contribution is 2.48. The summed E-state index contributed by atoms with van der Waals surface area (Å²) in [5.74, 6) is 0.646. The third-order valence-electron chi connectivity index (χ3n) is 6.53. The summed E-state index contributed by atoms with van der Waals surface area (Å²) < 4.78 is 7.13. The molecule has 0 spiro atoms. The van der Waals surface area contributed by atoms with E-state index in [2.05, 4.69) is 52.2 Å². The normalized spacial score (nSPS) is 25.9. The van der Waals surface area contributed by atoms with Gasteiger partial charge in [0.25, 0.3) is 0 Å². The Morgan fingerprint density at radius 2 is 1.76 bits per heavy atom. The molecule has 3 rings (SSSR count). The van der Waals surface area contributed by atoms with Crippen LogP contribution in [-0.4, -0.2) is 43.7 Å². The van der Waals surface area contributed by atoms with Crippen molar-refractivity contribution >= 4 is 5.97 Å². The minimum Gasteiger partial charge on any atom is -0.455 e. The predicted octanol–water partition coefficient (Wildman–Crippen LogP) is 4.16. The molecular weight excluding hydrogens is 310 g/mol. The van der Waals surface area contributed by atoms with E-state index in [4.69, 9.17) is 4.74 Å². The van der Waals surface area contributed by atoms with Crippen LogP contribution in [0.1, 0.15) is 51.5 Å². The van der Waals surface area contributed by atoms with Gasteiger partial charge in [0, 0.05) is 6.42 Å². The first-order valence-electron chi connectivity index (χ1n) is 9.95. The summed E-state index contributed by atoms with van der Waals surface area (Å²) in [5, 5.41) is 0. The van der Waals surface area contributed by atoms with Crippen LogP contribution in [0.2, 0.25) is 0 Å². The number of carbonyl (C=O) groups excluding carboxylic acids is 1. The highest BCUT2D eigenvalue weighted by atomic mass is 16.5. The minimum absolute atomic E-state index is 0.0208. The molecule has 0 amide bonds. The molecule has 1 heterocycles. The predicted molar refractivity (Wildman–Crippen MR) is 101 cm³/mol. The SMILES string of the molecule is CC(C)C(C(=O)OC1CC[N+](C)(C)C1)(c1ccccc1)C1CCCC1. The van der Waals surface area contributed by atoms with Crippen LogP contribution in [0.15, 0.2) is 30.3 Å². The van der Waals surface area contributed by atoms with Crippen LogP contribution in [0.5, 0.6) is 0 Å².